The summed E-state index contributed by atoms with van der Waals surface area (Å²) in [5.74, 6) is -0.152. The van der Waals surface area contributed by atoms with Gasteiger partial charge < -0.3 is 10.3 Å². The molecular formula is C22H27N3O3. The van der Waals surface area contributed by atoms with E-state index in [1.165, 1.54) is 0 Å². The van der Waals surface area contributed by atoms with Crippen LogP contribution >= 0.6 is 0 Å². The maximum Gasteiger partial charge on any atom is 0.325 e. The molecule has 1 spiro atoms. The van der Waals surface area contributed by atoms with E-state index < -0.39 is 11.6 Å². The molecule has 2 aliphatic rings. The van der Waals surface area contributed by atoms with Gasteiger partial charge in [-0.15, -0.1) is 0 Å². The van der Waals surface area contributed by atoms with Crippen molar-refractivity contribution in [2.24, 2.45) is 11.3 Å². The molecule has 2 fully saturated rings. The van der Waals surface area contributed by atoms with Crippen molar-refractivity contribution in [1.82, 2.24) is 15.2 Å². The summed E-state index contributed by atoms with van der Waals surface area (Å²) in [7, 11) is 0. The Balaban J connectivity index is 1.62. The van der Waals surface area contributed by atoms with Gasteiger partial charge in [-0.05, 0) is 43.6 Å². The number of para-hydroxylation sites is 1. The van der Waals surface area contributed by atoms with Gasteiger partial charge in [0.15, 0.2) is 5.78 Å². The highest BCUT2D eigenvalue weighted by atomic mass is 16.2. The van der Waals surface area contributed by atoms with Crippen LogP contribution in [0.3, 0.4) is 0 Å². The summed E-state index contributed by atoms with van der Waals surface area (Å²) >= 11 is 0. The number of aromatic amines is 1. The first-order valence-electron chi connectivity index (χ1n) is 9.86. The van der Waals surface area contributed by atoms with Gasteiger partial charge in [-0.2, -0.15) is 0 Å². The average molecular weight is 381 g/mol. The van der Waals surface area contributed by atoms with Crippen molar-refractivity contribution in [2.75, 3.05) is 6.54 Å². The molecule has 0 radical (unpaired) electrons. The van der Waals surface area contributed by atoms with Crippen LogP contribution in [-0.2, 0) is 4.79 Å². The first-order valence-corrected chi connectivity index (χ1v) is 9.86. The number of imide groups is 1. The Kier molecular flexibility index (Phi) is 4.14. The molecule has 2 heterocycles. The summed E-state index contributed by atoms with van der Waals surface area (Å²) in [5, 5.41) is 3.75. The van der Waals surface area contributed by atoms with Crippen molar-refractivity contribution >= 4 is 28.6 Å². The SMILES string of the molecule is Cc1[nH]c2ccccc2c1C(=O)CN1C(=O)N[C@]2(C[C@@H](C)CC(C)(C)C2)C1=O. The molecule has 28 heavy (non-hydrogen) atoms. The van der Waals surface area contributed by atoms with Gasteiger partial charge in [0, 0.05) is 22.2 Å². The van der Waals surface area contributed by atoms with Gasteiger partial charge >= 0.3 is 6.03 Å². The number of aryl methyl sites for hydroxylation is 1. The molecule has 0 unspecified atom stereocenters. The summed E-state index contributed by atoms with van der Waals surface area (Å²) in [6.45, 7) is 7.99. The first kappa shape index (κ1) is 18.7. The van der Waals surface area contributed by atoms with Crippen LogP contribution in [0.15, 0.2) is 24.3 Å². The number of hydrogen-bond donors (Lipinski definition) is 2. The Bertz CT molecular complexity index is 990. The maximum atomic E-state index is 13.3. The van der Waals surface area contributed by atoms with Crippen molar-refractivity contribution in [3.63, 3.8) is 0 Å². The molecule has 1 aromatic carbocycles. The number of amides is 3. The Morgan fingerprint density at radius 1 is 1.21 bits per heavy atom. The Morgan fingerprint density at radius 3 is 2.64 bits per heavy atom. The highest BCUT2D eigenvalue weighted by molar-refractivity contribution is 6.15. The Labute approximate surface area is 164 Å². The summed E-state index contributed by atoms with van der Waals surface area (Å²) in [6.07, 6.45) is 2.24. The van der Waals surface area contributed by atoms with E-state index in [-0.39, 0.29) is 23.7 Å². The average Bonchev–Trinajstić information content (AvgIpc) is 3.01. The molecule has 2 atom stereocenters. The fraction of sp³-hybridized carbons (Fsp3) is 0.500. The minimum absolute atomic E-state index is 0.0337. The summed E-state index contributed by atoms with van der Waals surface area (Å²) < 4.78 is 0. The molecule has 4 rings (SSSR count). The van der Waals surface area contributed by atoms with Crippen molar-refractivity contribution in [3.8, 4) is 0 Å². The lowest BCUT2D eigenvalue weighted by molar-refractivity contribution is -0.134. The second-order valence-electron chi connectivity index (χ2n) is 9.35. The van der Waals surface area contributed by atoms with Crippen LogP contribution in [0.1, 0.15) is 56.1 Å². The molecule has 1 saturated carbocycles. The number of benzene rings is 1. The molecule has 148 valence electrons. The largest absolute Gasteiger partial charge is 0.358 e. The molecule has 1 aliphatic carbocycles. The molecule has 3 amide bonds. The lowest BCUT2D eigenvalue weighted by atomic mass is 9.64. The molecule has 6 nitrogen and oxygen atoms in total. The van der Waals surface area contributed by atoms with Crippen LogP contribution in [0.4, 0.5) is 4.79 Å². The van der Waals surface area contributed by atoms with Crippen LogP contribution < -0.4 is 5.32 Å². The third kappa shape index (κ3) is 2.91. The van der Waals surface area contributed by atoms with E-state index in [2.05, 4.69) is 31.1 Å². The zero-order valence-electron chi connectivity index (χ0n) is 16.9. The molecule has 2 N–H and O–H groups in total. The summed E-state index contributed by atoms with van der Waals surface area (Å²) in [6, 6.07) is 7.11. The van der Waals surface area contributed by atoms with E-state index in [9.17, 15) is 14.4 Å². The van der Waals surface area contributed by atoms with Crippen molar-refractivity contribution < 1.29 is 14.4 Å². The van der Waals surface area contributed by atoms with E-state index in [1.807, 2.05) is 31.2 Å². The second-order valence-corrected chi connectivity index (χ2v) is 9.35. The first-order chi connectivity index (χ1) is 13.1. The standard InChI is InChI=1S/C22H27N3O3/c1-13-9-21(3,4)12-22(10-13)19(27)25(20(28)24-22)11-17(26)18-14(2)23-16-8-6-5-7-15(16)18/h5-8,13,23H,9-12H2,1-4H3,(H,24,28)/t13-,22-/m0/s1. The van der Waals surface area contributed by atoms with Crippen LogP contribution in [0.5, 0.6) is 0 Å². The monoisotopic (exact) mass is 381 g/mol. The minimum Gasteiger partial charge on any atom is -0.358 e. The number of carbonyl (C=O) groups is 3. The van der Waals surface area contributed by atoms with Gasteiger partial charge in [0.1, 0.15) is 5.54 Å². The number of ketones is 1. The number of H-pyrrole nitrogens is 1. The fourth-order valence-electron chi connectivity index (χ4n) is 5.51. The normalized spacial score (nSPS) is 26.9. The second kappa shape index (κ2) is 6.19. The van der Waals surface area contributed by atoms with E-state index in [0.29, 0.717) is 24.3 Å². The van der Waals surface area contributed by atoms with Crippen LogP contribution in [0.2, 0.25) is 0 Å². The van der Waals surface area contributed by atoms with Gasteiger partial charge in [0.05, 0.1) is 6.54 Å². The molecule has 2 aromatic rings. The van der Waals surface area contributed by atoms with E-state index in [0.717, 1.165) is 27.9 Å². The molecule has 0 bridgehead atoms. The third-order valence-electron chi connectivity index (χ3n) is 6.10. The number of Topliss-reactive ketones (excluding diaryl/α,β-unsaturated/α-hetero) is 1. The van der Waals surface area contributed by atoms with Gasteiger partial charge in [0.2, 0.25) is 0 Å². The fourth-order valence-corrected chi connectivity index (χ4v) is 5.51. The topological polar surface area (TPSA) is 82.3 Å². The third-order valence-corrected chi connectivity index (χ3v) is 6.10. The highest BCUT2D eigenvalue weighted by Crippen LogP contribution is 2.46. The predicted molar refractivity (Wildman–Crippen MR) is 107 cm³/mol. The van der Waals surface area contributed by atoms with Crippen LogP contribution in [-0.4, -0.2) is 39.7 Å². The van der Waals surface area contributed by atoms with Crippen molar-refractivity contribution in [1.29, 1.82) is 0 Å². The number of hydrogen-bond acceptors (Lipinski definition) is 3. The van der Waals surface area contributed by atoms with Gasteiger partial charge in [0.25, 0.3) is 5.91 Å². The predicted octanol–water partition coefficient (Wildman–Crippen LogP) is 3.80. The number of nitrogens with zero attached hydrogens (tertiary/aromatic N) is 1. The molecule has 1 aliphatic heterocycles. The highest BCUT2D eigenvalue weighted by Gasteiger charge is 2.56. The van der Waals surface area contributed by atoms with Crippen LogP contribution in [0.25, 0.3) is 10.9 Å². The summed E-state index contributed by atoms with van der Waals surface area (Å²) in [5.41, 5.74) is 1.26. The zero-order chi connectivity index (χ0) is 20.3. The molecule has 1 aromatic heterocycles. The number of urea groups is 1. The Hall–Kier alpha value is -2.63. The van der Waals surface area contributed by atoms with E-state index >= 15 is 0 Å². The van der Waals surface area contributed by atoms with Crippen molar-refractivity contribution in [3.05, 3.63) is 35.5 Å². The smallest absolute Gasteiger partial charge is 0.325 e. The lowest BCUT2D eigenvalue weighted by Crippen LogP contribution is -2.54. The number of fused-ring (bicyclic) bond motifs is 1. The van der Waals surface area contributed by atoms with E-state index in [1.54, 1.807) is 0 Å². The summed E-state index contributed by atoms with van der Waals surface area (Å²) in [4.78, 5) is 43.3. The quantitative estimate of drug-likeness (QED) is 0.627. The number of aromatic nitrogens is 1. The maximum absolute atomic E-state index is 13.3. The number of nitrogens with one attached hydrogen (secondary N) is 2. The van der Waals surface area contributed by atoms with Gasteiger partial charge in [-0.3, -0.25) is 14.5 Å². The van der Waals surface area contributed by atoms with Gasteiger partial charge in [-0.25, -0.2) is 4.79 Å². The van der Waals surface area contributed by atoms with E-state index in [4.69, 9.17) is 0 Å². The molecular weight excluding hydrogens is 354 g/mol. The van der Waals surface area contributed by atoms with Gasteiger partial charge in [-0.1, -0.05) is 39.0 Å². The lowest BCUT2D eigenvalue weighted by Gasteiger charge is -2.43. The number of carbonyl (C=O) groups excluding carboxylic acids is 3. The number of rotatable bonds is 3. The minimum atomic E-state index is -0.881. The van der Waals surface area contributed by atoms with Crippen LogP contribution in [0, 0.1) is 18.3 Å². The Morgan fingerprint density at radius 2 is 1.93 bits per heavy atom. The molecule has 6 heteroatoms. The molecule has 1 saturated heterocycles. The van der Waals surface area contributed by atoms with Crippen molar-refractivity contribution in [2.45, 2.75) is 52.5 Å². The zero-order valence-corrected chi connectivity index (χ0v) is 16.9.